The Kier molecular flexibility index (Phi) is 12.5. The molecular formula is C92H60. The highest BCUT2D eigenvalue weighted by atomic mass is 14.5. The van der Waals surface area contributed by atoms with Crippen LogP contribution in [0.3, 0.4) is 0 Å². The van der Waals surface area contributed by atoms with E-state index in [1.807, 2.05) is 0 Å². The van der Waals surface area contributed by atoms with Crippen LogP contribution in [-0.2, 0) is 10.8 Å². The first-order valence-corrected chi connectivity index (χ1v) is 32.1. The molecule has 0 fully saturated rings. The van der Waals surface area contributed by atoms with Gasteiger partial charge in [0.05, 0.1) is 10.8 Å². The second kappa shape index (κ2) is 21.5. The lowest BCUT2D eigenvalue weighted by Crippen LogP contribution is -2.28. The average molecular weight is 1170 g/mol. The Labute approximate surface area is 538 Å². The second-order valence-electron chi connectivity index (χ2n) is 25.0. The molecule has 0 heterocycles. The lowest BCUT2D eigenvalue weighted by molar-refractivity contribution is 0.769. The van der Waals surface area contributed by atoms with E-state index in [0.29, 0.717) is 0 Å². The van der Waals surface area contributed by atoms with E-state index in [2.05, 4.69) is 364 Å². The van der Waals surface area contributed by atoms with Gasteiger partial charge in [0.15, 0.2) is 0 Å². The van der Waals surface area contributed by atoms with Gasteiger partial charge in [-0.2, -0.15) is 0 Å². The van der Waals surface area contributed by atoms with Gasteiger partial charge >= 0.3 is 0 Å². The fourth-order valence-corrected chi connectivity index (χ4v) is 16.1. The summed E-state index contributed by atoms with van der Waals surface area (Å²) in [5, 5.41) is 0. The van der Waals surface area contributed by atoms with Gasteiger partial charge in [0.2, 0.25) is 0 Å². The van der Waals surface area contributed by atoms with E-state index in [-0.39, 0.29) is 5.41 Å². The minimum Gasteiger partial charge on any atom is -0.0622 e. The van der Waals surface area contributed by atoms with E-state index >= 15 is 0 Å². The molecule has 0 radical (unpaired) electrons. The maximum atomic E-state index is 2.49. The predicted molar refractivity (Wildman–Crippen MR) is 384 cm³/mol. The maximum Gasteiger partial charge on any atom is 0.0725 e. The molecule has 0 saturated heterocycles. The van der Waals surface area contributed by atoms with Gasteiger partial charge in [-0.05, 0) is 215 Å². The normalized spacial score (nSPS) is 13.2. The highest BCUT2D eigenvalue weighted by Crippen LogP contribution is 2.64. The second-order valence-corrected chi connectivity index (χ2v) is 25.0. The molecule has 3 aliphatic carbocycles. The van der Waals surface area contributed by atoms with Crippen LogP contribution in [-0.4, -0.2) is 0 Å². The van der Waals surface area contributed by atoms with Crippen LogP contribution in [0.15, 0.2) is 364 Å². The predicted octanol–water partition coefficient (Wildman–Crippen LogP) is 23.7. The van der Waals surface area contributed by atoms with Crippen molar-refractivity contribution in [3.8, 4) is 122 Å². The quantitative estimate of drug-likeness (QED) is 0.128. The van der Waals surface area contributed by atoms with Gasteiger partial charge in [-0.15, -0.1) is 0 Å². The first-order chi connectivity index (χ1) is 45.6. The van der Waals surface area contributed by atoms with Crippen molar-refractivity contribution in [2.24, 2.45) is 0 Å². The monoisotopic (exact) mass is 1160 g/mol. The number of benzene rings is 15. The molecule has 0 unspecified atom stereocenters. The van der Waals surface area contributed by atoms with Gasteiger partial charge in [-0.25, -0.2) is 0 Å². The Hall–Kier alpha value is -11.7. The molecule has 3 aliphatic rings. The van der Waals surface area contributed by atoms with E-state index in [1.54, 1.807) is 0 Å². The highest BCUT2D eigenvalue weighted by Gasteiger charge is 2.52. The van der Waals surface area contributed by atoms with Crippen LogP contribution < -0.4 is 0 Å². The summed E-state index contributed by atoms with van der Waals surface area (Å²) >= 11 is 0. The molecule has 0 aliphatic heterocycles. The molecule has 0 saturated carbocycles. The third-order valence-corrected chi connectivity index (χ3v) is 20.2. The minimum absolute atomic E-state index is 0.383. The molecule has 0 aromatic heterocycles. The third-order valence-electron chi connectivity index (χ3n) is 20.2. The van der Waals surface area contributed by atoms with Crippen LogP contribution in [0.4, 0.5) is 0 Å². The van der Waals surface area contributed by atoms with Crippen molar-refractivity contribution in [1.29, 1.82) is 0 Å². The van der Waals surface area contributed by atoms with Gasteiger partial charge in [-0.3, -0.25) is 0 Å². The Bertz CT molecular complexity index is 5280. The Morgan fingerprint density at radius 2 is 0.402 bits per heavy atom. The summed E-state index contributed by atoms with van der Waals surface area (Å²) in [6.07, 6.45) is 0. The summed E-state index contributed by atoms with van der Waals surface area (Å²) in [5.74, 6) is 0. The van der Waals surface area contributed by atoms with Gasteiger partial charge in [0.1, 0.15) is 0 Å². The van der Waals surface area contributed by atoms with E-state index in [1.165, 1.54) is 167 Å². The molecule has 0 heteroatoms. The topological polar surface area (TPSA) is 0 Å². The number of rotatable bonds is 10. The number of hydrogen-bond donors (Lipinski definition) is 0. The molecule has 0 atom stereocenters. The zero-order valence-electron chi connectivity index (χ0n) is 50.6. The van der Waals surface area contributed by atoms with Crippen LogP contribution in [0.1, 0.15) is 44.5 Å². The summed E-state index contributed by atoms with van der Waals surface area (Å²) in [6.45, 7) is 0. The summed E-state index contributed by atoms with van der Waals surface area (Å²) < 4.78 is 0. The Morgan fingerprint density at radius 3 is 0.837 bits per heavy atom. The van der Waals surface area contributed by atoms with Crippen LogP contribution in [0.25, 0.3) is 122 Å². The molecule has 0 nitrogen and oxygen atoms in total. The molecular weight excluding hydrogens is 1110 g/mol. The Balaban J connectivity index is 0.678. The zero-order valence-corrected chi connectivity index (χ0v) is 50.6. The summed E-state index contributed by atoms with van der Waals surface area (Å²) in [7, 11) is 0. The van der Waals surface area contributed by atoms with E-state index < -0.39 is 5.41 Å². The van der Waals surface area contributed by atoms with Gasteiger partial charge in [-0.1, -0.05) is 315 Å². The molecule has 92 heavy (non-hydrogen) atoms. The fourth-order valence-electron chi connectivity index (χ4n) is 16.1. The largest absolute Gasteiger partial charge is 0.0725 e. The van der Waals surface area contributed by atoms with Gasteiger partial charge in [0, 0.05) is 0 Å². The molecule has 0 N–H and O–H groups in total. The first kappa shape index (κ1) is 53.3. The zero-order chi connectivity index (χ0) is 60.7. The number of fused-ring (bicyclic) bond motifs is 13. The van der Waals surface area contributed by atoms with E-state index in [4.69, 9.17) is 0 Å². The van der Waals surface area contributed by atoms with Crippen molar-refractivity contribution >= 4 is 0 Å². The van der Waals surface area contributed by atoms with Crippen molar-refractivity contribution < 1.29 is 0 Å². The first-order valence-electron chi connectivity index (χ1n) is 32.1. The SMILES string of the molecule is c1ccc(-c2cccc(C3(c4cccc(-c5ccccc5)c4)c4ccccc4-c4ccc(-c5cccc(-c6cccc(-c7cccc(-c8cccc(-c9cccc(-c%10cccc%11c%10-c%10ccccc%10C%11%10c%11ccccc%11-c%11ccccc%11%10)c9)c8)c7)c6)c5)cc43)c2)cc1. The van der Waals surface area contributed by atoms with E-state index in [9.17, 15) is 0 Å². The van der Waals surface area contributed by atoms with Crippen molar-refractivity contribution in [3.63, 3.8) is 0 Å². The van der Waals surface area contributed by atoms with Crippen molar-refractivity contribution in [1.82, 2.24) is 0 Å². The van der Waals surface area contributed by atoms with Crippen LogP contribution in [0, 0.1) is 0 Å². The average Bonchev–Trinajstić information content (AvgIpc) is 1.52. The lowest BCUT2D eigenvalue weighted by atomic mass is 9.66. The highest BCUT2D eigenvalue weighted by molar-refractivity contribution is 6.00. The van der Waals surface area contributed by atoms with Crippen molar-refractivity contribution in [3.05, 3.63) is 408 Å². The van der Waals surface area contributed by atoms with Crippen LogP contribution in [0.2, 0.25) is 0 Å². The summed E-state index contributed by atoms with van der Waals surface area (Å²) in [4.78, 5) is 0. The van der Waals surface area contributed by atoms with Gasteiger partial charge < -0.3 is 0 Å². The number of hydrogen-bond acceptors (Lipinski definition) is 0. The smallest absolute Gasteiger partial charge is 0.0622 e. The fraction of sp³-hybridized carbons (Fsp3) is 0.0217. The standard InChI is InChI=1S/C92H60/c1-3-23-61(24-4-1)72-36-20-39-76(58-72)91(77-40-21-37-73(59-77)62-25-5-2-6-26-62)84-46-11-7-43-81(84)82-52-51-74(60-89(82)91)70-34-18-32-68(56-70)66-30-16-28-64(54-66)63-27-15-29-65(53-63)67-31-17-33-69(55-67)71-35-19-38-75(57-71)78-45-22-50-88-90(78)83-44-10-14-49-87(83)92(88)85-47-12-8-41-79(85)80-42-9-13-48-86(80)92/h1-60H. The molecule has 18 rings (SSSR count). The summed E-state index contributed by atoms with van der Waals surface area (Å²) in [6, 6.07) is 136. The van der Waals surface area contributed by atoms with Crippen molar-refractivity contribution in [2.75, 3.05) is 0 Å². The maximum absolute atomic E-state index is 2.49. The Morgan fingerprint density at radius 1 is 0.130 bits per heavy atom. The van der Waals surface area contributed by atoms with Crippen LogP contribution in [0.5, 0.6) is 0 Å². The molecule has 0 amide bonds. The molecule has 0 bridgehead atoms. The van der Waals surface area contributed by atoms with Crippen molar-refractivity contribution in [2.45, 2.75) is 10.8 Å². The molecule has 428 valence electrons. The van der Waals surface area contributed by atoms with E-state index in [0.717, 1.165) is 0 Å². The molecule has 1 spiro atoms. The minimum atomic E-state index is -0.608. The lowest BCUT2D eigenvalue weighted by Gasteiger charge is -2.35. The van der Waals surface area contributed by atoms with Gasteiger partial charge in [0.25, 0.3) is 0 Å². The molecule has 15 aromatic carbocycles. The summed E-state index contributed by atoms with van der Waals surface area (Å²) in [5.41, 5.74) is 36.4. The van der Waals surface area contributed by atoms with Crippen LogP contribution >= 0.6 is 0 Å². The third kappa shape index (κ3) is 8.31. The molecule has 15 aromatic rings.